The number of likely N-dealkylation sites (tertiary alicyclic amines) is 1. The lowest BCUT2D eigenvalue weighted by Gasteiger charge is -2.35. The van der Waals surface area contributed by atoms with Crippen LogP contribution in [-0.4, -0.2) is 59.5 Å². The molecule has 41 heavy (non-hydrogen) atoms. The summed E-state index contributed by atoms with van der Waals surface area (Å²) in [4.78, 5) is 39.9. The molecule has 2 aromatic rings. The maximum absolute atomic E-state index is 12.2. The van der Waals surface area contributed by atoms with E-state index in [4.69, 9.17) is 21.1 Å². The van der Waals surface area contributed by atoms with Gasteiger partial charge in [0.05, 0.1) is 31.4 Å². The number of hydrogen-bond acceptors (Lipinski definition) is 6. The molecule has 3 fully saturated rings. The standard InChI is InChI=1S/C32H37ClN2O6/c1-40-29-14-20(4-11-28(29)41-13-12-35-30(36)25-16-26(25)31(35)37)18-34(17-19-2-5-21(6-3-19)32(38)39)27-10-7-22-15-23(33)8-9-24(22)27/h4,8-9,11,14-15,19,21,25-27H,2-3,5-7,10,12-13,16-18H2,1H3,(H,38,39)/t19-,21-,25-,26+,27-/m0/s1. The number of carbonyl (C=O) groups is 3. The van der Waals surface area contributed by atoms with Gasteiger partial charge in [0.2, 0.25) is 11.8 Å². The molecule has 3 atom stereocenters. The topological polar surface area (TPSA) is 96.4 Å². The normalized spacial score (nSPS) is 26.7. The second-order valence-electron chi connectivity index (χ2n) is 12.0. The van der Waals surface area contributed by atoms with Gasteiger partial charge >= 0.3 is 5.97 Å². The Morgan fingerprint density at radius 2 is 1.78 bits per heavy atom. The number of carbonyl (C=O) groups excluding carboxylic acids is 2. The number of methoxy groups -OCH3 is 1. The summed E-state index contributed by atoms with van der Waals surface area (Å²) in [6, 6.07) is 12.4. The van der Waals surface area contributed by atoms with E-state index in [1.165, 1.54) is 16.0 Å². The number of aryl methyl sites for hydroxylation is 1. The molecule has 2 amide bonds. The number of nitrogens with zero attached hydrogens (tertiary/aromatic N) is 2. The number of rotatable bonds is 11. The summed E-state index contributed by atoms with van der Waals surface area (Å²) in [5, 5.41) is 10.2. The summed E-state index contributed by atoms with van der Waals surface area (Å²) in [5.41, 5.74) is 3.72. The fourth-order valence-electron chi connectivity index (χ4n) is 7.05. The van der Waals surface area contributed by atoms with Crippen molar-refractivity contribution in [2.45, 2.75) is 57.5 Å². The number of piperidine rings is 1. The summed E-state index contributed by atoms with van der Waals surface area (Å²) in [7, 11) is 1.61. The van der Waals surface area contributed by atoms with Gasteiger partial charge in [-0.1, -0.05) is 23.7 Å². The van der Waals surface area contributed by atoms with Crippen molar-refractivity contribution in [3.63, 3.8) is 0 Å². The molecule has 0 bridgehead atoms. The molecule has 1 N–H and O–H groups in total. The zero-order valence-corrected chi connectivity index (χ0v) is 24.1. The van der Waals surface area contributed by atoms with Crippen LogP contribution in [0.15, 0.2) is 36.4 Å². The number of carboxylic acids is 1. The molecule has 3 aliphatic carbocycles. The monoisotopic (exact) mass is 580 g/mol. The third-order valence-electron chi connectivity index (χ3n) is 9.42. The minimum atomic E-state index is -0.674. The fourth-order valence-corrected chi connectivity index (χ4v) is 7.24. The average molecular weight is 581 g/mol. The Bertz CT molecular complexity index is 1320. The smallest absolute Gasteiger partial charge is 0.306 e. The van der Waals surface area contributed by atoms with E-state index < -0.39 is 5.97 Å². The van der Waals surface area contributed by atoms with E-state index in [2.05, 4.69) is 17.0 Å². The Balaban J connectivity index is 1.14. The maximum Gasteiger partial charge on any atom is 0.306 e. The number of fused-ring (bicyclic) bond motifs is 2. The molecule has 0 aromatic heterocycles. The van der Waals surface area contributed by atoms with Gasteiger partial charge in [-0.25, -0.2) is 0 Å². The van der Waals surface area contributed by atoms with Gasteiger partial charge < -0.3 is 14.6 Å². The van der Waals surface area contributed by atoms with Crippen LogP contribution >= 0.6 is 11.6 Å². The Labute approximate surface area is 245 Å². The van der Waals surface area contributed by atoms with E-state index in [1.807, 2.05) is 24.3 Å². The van der Waals surface area contributed by atoms with Crippen LogP contribution in [0.25, 0.3) is 0 Å². The highest BCUT2D eigenvalue weighted by molar-refractivity contribution is 6.30. The van der Waals surface area contributed by atoms with Crippen LogP contribution in [0.1, 0.15) is 61.3 Å². The van der Waals surface area contributed by atoms with Crippen LogP contribution < -0.4 is 9.47 Å². The van der Waals surface area contributed by atoms with E-state index in [9.17, 15) is 19.5 Å². The first kappa shape index (κ1) is 28.0. The van der Waals surface area contributed by atoms with E-state index in [1.54, 1.807) is 7.11 Å². The van der Waals surface area contributed by atoms with Crippen molar-refractivity contribution in [1.82, 2.24) is 9.80 Å². The van der Waals surface area contributed by atoms with Crippen LogP contribution in [0.2, 0.25) is 5.02 Å². The first-order valence-electron chi connectivity index (χ1n) is 14.7. The van der Waals surface area contributed by atoms with Crippen molar-refractivity contribution >= 4 is 29.4 Å². The molecular weight excluding hydrogens is 544 g/mol. The molecule has 0 spiro atoms. The van der Waals surface area contributed by atoms with Gasteiger partial charge in [0, 0.05) is 24.2 Å². The summed E-state index contributed by atoms with van der Waals surface area (Å²) < 4.78 is 11.6. The van der Waals surface area contributed by atoms with Crippen LogP contribution in [0, 0.1) is 23.7 Å². The van der Waals surface area contributed by atoms with E-state index in [0.29, 0.717) is 23.8 Å². The van der Waals surface area contributed by atoms with E-state index in [0.717, 1.165) is 62.2 Å². The summed E-state index contributed by atoms with van der Waals surface area (Å²) in [5.74, 6) is 0.408. The Morgan fingerprint density at radius 3 is 2.49 bits per heavy atom. The fraction of sp³-hybridized carbons (Fsp3) is 0.531. The van der Waals surface area contributed by atoms with E-state index >= 15 is 0 Å². The molecule has 0 radical (unpaired) electrons. The number of amides is 2. The third kappa shape index (κ3) is 5.82. The van der Waals surface area contributed by atoms with Crippen molar-refractivity contribution < 1.29 is 29.0 Å². The average Bonchev–Trinajstić information content (AvgIpc) is 3.61. The number of benzene rings is 2. The van der Waals surface area contributed by atoms with Gasteiger partial charge in [-0.2, -0.15) is 0 Å². The van der Waals surface area contributed by atoms with Crippen LogP contribution in [0.4, 0.5) is 0 Å². The van der Waals surface area contributed by atoms with Crippen molar-refractivity contribution in [3.8, 4) is 11.5 Å². The maximum atomic E-state index is 12.2. The van der Waals surface area contributed by atoms with Gasteiger partial charge in [0.1, 0.15) is 6.61 Å². The van der Waals surface area contributed by atoms with Gasteiger partial charge in [-0.15, -0.1) is 0 Å². The molecule has 2 aromatic carbocycles. The minimum Gasteiger partial charge on any atom is -0.493 e. The van der Waals surface area contributed by atoms with Crippen molar-refractivity contribution in [3.05, 3.63) is 58.1 Å². The highest BCUT2D eigenvalue weighted by Gasteiger charge is 2.58. The molecule has 218 valence electrons. The number of imide groups is 1. The lowest BCUT2D eigenvalue weighted by molar-refractivity contribution is -0.143. The Hall–Kier alpha value is -3.10. The van der Waals surface area contributed by atoms with E-state index in [-0.39, 0.29) is 48.8 Å². The second kappa shape index (κ2) is 11.6. The highest BCUT2D eigenvalue weighted by Crippen LogP contribution is 2.47. The Kier molecular flexibility index (Phi) is 7.97. The largest absolute Gasteiger partial charge is 0.493 e. The molecule has 8 nitrogen and oxygen atoms in total. The van der Waals surface area contributed by atoms with Gasteiger partial charge in [-0.05, 0) is 91.8 Å². The summed E-state index contributed by atoms with van der Waals surface area (Å²) >= 11 is 6.30. The molecule has 1 aliphatic heterocycles. The molecule has 6 rings (SSSR count). The Morgan fingerprint density at radius 1 is 1.02 bits per heavy atom. The highest BCUT2D eigenvalue weighted by atomic mass is 35.5. The molecule has 1 heterocycles. The van der Waals surface area contributed by atoms with Crippen LogP contribution in [0.5, 0.6) is 11.5 Å². The van der Waals surface area contributed by atoms with Crippen molar-refractivity contribution in [2.24, 2.45) is 23.7 Å². The number of hydrogen-bond donors (Lipinski definition) is 1. The summed E-state index contributed by atoms with van der Waals surface area (Å²) in [6.45, 7) is 2.10. The number of carboxylic acid groups (broad SMARTS) is 1. The van der Waals surface area contributed by atoms with Gasteiger partial charge in [0.25, 0.3) is 0 Å². The molecule has 0 unspecified atom stereocenters. The van der Waals surface area contributed by atoms with Crippen LogP contribution in [0.3, 0.4) is 0 Å². The number of ether oxygens (including phenoxy) is 2. The second-order valence-corrected chi connectivity index (χ2v) is 12.4. The first-order chi connectivity index (χ1) is 19.8. The SMILES string of the molecule is COc1cc(CN(C[C@H]2CC[C@H](C(=O)O)CC2)[C@H]2CCc3cc(Cl)ccc32)ccc1OCCN1C(=O)[C@H]2C[C@H]2C1=O. The molecular formula is C32H37ClN2O6. The van der Waals surface area contributed by atoms with Gasteiger partial charge in [0.15, 0.2) is 11.5 Å². The van der Waals surface area contributed by atoms with Crippen molar-refractivity contribution in [1.29, 1.82) is 0 Å². The zero-order chi connectivity index (χ0) is 28.7. The lowest BCUT2D eigenvalue weighted by Crippen LogP contribution is -2.36. The first-order valence-corrected chi connectivity index (χ1v) is 15.1. The predicted molar refractivity (Wildman–Crippen MR) is 153 cm³/mol. The summed E-state index contributed by atoms with van der Waals surface area (Å²) in [6.07, 6.45) is 6.03. The third-order valence-corrected chi connectivity index (χ3v) is 9.66. The minimum absolute atomic E-state index is 0.0711. The molecule has 9 heteroatoms. The van der Waals surface area contributed by atoms with Crippen LogP contribution in [-0.2, 0) is 27.3 Å². The lowest BCUT2D eigenvalue weighted by atomic mass is 9.81. The van der Waals surface area contributed by atoms with Gasteiger partial charge in [-0.3, -0.25) is 24.2 Å². The quantitative estimate of drug-likeness (QED) is 0.369. The molecule has 4 aliphatic rings. The zero-order valence-electron chi connectivity index (χ0n) is 23.4. The molecule has 1 saturated heterocycles. The molecule has 2 saturated carbocycles. The predicted octanol–water partition coefficient (Wildman–Crippen LogP) is 5.11. The number of halogens is 1. The van der Waals surface area contributed by atoms with Crippen molar-refractivity contribution in [2.75, 3.05) is 26.8 Å². The number of aliphatic carboxylic acids is 1.